The highest BCUT2D eigenvalue weighted by atomic mass is 35.5. The number of benzene rings is 2. The molecule has 2 aromatic carbocycles. The van der Waals surface area contributed by atoms with Crippen LogP contribution >= 0.6 is 23.2 Å². The predicted octanol–water partition coefficient (Wildman–Crippen LogP) is 3.03. The second-order valence-corrected chi connectivity index (χ2v) is 8.79. The van der Waals surface area contributed by atoms with Gasteiger partial charge in [0.05, 0.1) is 18.1 Å². The number of halogens is 2. The number of sulfonamides is 1. The Balaban J connectivity index is 1.58. The van der Waals surface area contributed by atoms with Crippen LogP contribution < -0.4 is 10.1 Å². The summed E-state index contributed by atoms with van der Waals surface area (Å²) in [4.78, 5) is 12.2. The average Bonchev–Trinajstić information content (AvgIpc) is 2.67. The number of anilines is 1. The molecule has 3 rings (SSSR count). The van der Waals surface area contributed by atoms with Gasteiger partial charge >= 0.3 is 0 Å². The van der Waals surface area contributed by atoms with Crippen molar-refractivity contribution in [1.82, 2.24) is 4.31 Å². The van der Waals surface area contributed by atoms with E-state index in [9.17, 15) is 13.2 Å². The first-order valence-electron chi connectivity index (χ1n) is 8.41. The van der Waals surface area contributed by atoms with Crippen molar-refractivity contribution in [2.75, 3.05) is 38.2 Å². The zero-order valence-corrected chi connectivity index (χ0v) is 17.1. The predicted molar refractivity (Wildman–Crippen MR) is 107 cm³/mol. The van der Waals surface area contributed by atoms with E-state index in [4.69, 9.17) is 32.7 Å². The van der Waals surface area contributed by atoms with Gasteiger partial charge in [-0.25, -0.2) is 8.42 Å². The Morgan fingerprint density at radius 1 is 1.07 bits per heavy atom. The summed E-state index contributed by atoms with van der Waals surface area (Å²) in [5.74, 6) is -0.0283. The molecule has 1 fully saturated rings. The number of ether oxygens (including phenoxy) is 2. The summed E-state index contributed by atoms with van der Waals surface area (Å²) in [6.45, 7) is 1.16. The van der Waals surface area contributed by atoms with Gasteiger partial charge in [0.25, 0.3) is 5.91 Å². The molecule has 0 bridgehead atoms. The highest BCUT2D eigenvalue weighted by Gasteiger charge is 2.26. The first-order valence-corrected chi connectivity index (χ1v) is 10.6. The molecule has 0 aliphatic carbocycles. The van der Waals surface area contributed by atoms with Crippen LogP contribution in [0.5, 0.6) is 5.75 Å². The topological polar surface area (TPSA) is 84.9 Å². The van der Waals surface area contributed by atoms with Crippen LogP contribution in [0.3, 0.4) is 0 Å². The number of carbonyl (C=O) groups excluding carboxylic acids is 1. The molecule has 0 aromatic heterocycles. The van der Waals surface area contributed by atoms with Crippen LogP contribution in [-0.2, 0) is 19.6 Å². The fourth-order valence-electron chi connectivity index (χ4n) is 2.60. The van der Waals surface area contributed by atoms with Gasteiger partial charge in [0, 0.05) is 28.8 Å². The monoisotopic (exact) mass is 444 g/mol. The van der Waals surface area contributed by atoms with E-state index in [-0.39, 0.29) is 11.5 Å². The van der Waals surface area contributed by atoms with Crippen LogP contribution in [0.2, 0.25) is 10.0 Å². The van der Waals surface area contributed by atoms with Crippen molar-refractivity contribution in [3.8, 4) is 5.75 Å². The van der Waals surface area contributed by atoms with Crippen molar-refractivity contribution in [3.63, 3.8) is 0 Å². The highest BCUT2D eigenvalue weighted by molar-refractivity contribution is 7.89. The zero-order valence-electron chi connectivity index (χ0n) is 14.7. The Bertz CT molecular complexity index is 925. The van der Waals surface area contributed by atoms with Crippen LogP contribution in [0, 0.1) is 0 Å². The third-order valence-corrected chi connectivity index (χ3v) is 6.30. The molecule has 7 nitrogen and oxygen atoms in total. The number of rotatable bonds is 6. The number of amides is 1. The molecule has 0 spiro atoms. The second kappa shape index (κ2) is 9.11. The van der Waals surface area contributed by atoms with E-state index in [1.165, 1.54) is 28.6 Å². The van der Waals surface area contributed by atoms with Crippen molar-refractivity contribution in [3.05, 3.63) is 52.5 Å². The van der Waals surface area contributed by atoms with Gasteiger partial charge in [0.15, 0.2) is 6.61 Å². The number of morpholine rings is 1. The quantitative estimate of drug-likeness (QED) is 0.739. The third-order valence-electron chi connectivity index (χ3n) is 3.95. The largest absolute Gasteiger partial charge is 0.484 e. The minimum atomic E-state index is -3.57. The van der Waals surface area contributed by atoms with Gasteiger partial charge in [-0.3, -0.25) is 4.79 Å². The lowest BCUT2D eigenvalue weighted by molar-refractivity contribution is -0.118. The average molecular weight is 445 g/mol. The summed E-state index contributed by atoms with van der Waals surface area (Å²) in [5.41, 5.74) is 0.457. The molecule has 2 aromatic rings. The Kier molecular flexibility index (Phi) is 6.79. The molecule has 28 heavy (non-hydrogen) atoms. The van der Waals surface area contributed by atoms with E-state index in [2.05, 4.69) is 5.32 Å². The van der Waals surface area contributed by atoms with Gasteiger partial charge in [0.2, 0.25) is 10.0 Å². The zero-order chi connectivity index (χ0) is 20.1. The summed E-state index contributed by atoms with van der Waals surface area (Å²) < 4.78 is 37.1. The molecule has 1 aliphatic heterocycles. The lowest BCUT2D eigenvalue weighted by atomic mass is 10.3. The number of hydrogen-bond acceptors (Lipinski definition) is 5. The molecule has 0 saturated carbocycles. The molecule has 1 heterocycles. The minimum Gasteiger partial charge on any atom is -0.484 e. The minimum absolute atomic E-state index is 0.164. The van der Waals surface area contributed by atoms with Crippen molar-refractivity contribution in [2.24, 2.45) is 0 Å². The first kappa shape index (κ1) is 20.9. The van der Waals surface area contributed by atoms with Gasteiger partial charge in [-0.2, -0.15) is 4.31 Å². The number of carbonyl (C=O) groups is 1. The number of nitrogens with zero attached hydrogens (tertiary/aromatic N) is 1. The molecular formula is C18H18Cl2N2O5S. The van der Waals surface area contributed by atoms with Gasteiger partial charge < -0.3 is 14.8 Å². The maximum absolute atomic E-state index is 12.6. The molecule has 150 valence electrons. The molecule has 0 radical (unpaired) electrons. The van der Waals surface area contributed by atoms with E-state index in [0.29, 0.717) is 47.8 Å². The lowest BCUT2D eigenvalue weighted by Crippen LogP contribution is -2.40. The number of hydrogen-bond donors (Lipinski definition) is 1. The molecule has 10 heteroatoms. The van der Waals surface area contributed by atoms with Gasteiger partial charge in [-0.1, -0.05) is 23.2 Å². The maximum atomic E-state index is 12.6. The van der Waals surface area contributed by atoms with Crippen molar-refractivity contribution in [1.29, 1.82) is 0 Å². The number of nitrogens with one attached hydrogen (secondary N) is 1. The van der Waals surface area contributed by atoms with Gasteiger partial charge in [0.1, 0.15) is 5.75 Å². The van der Waals surface area contributed by atoms with Crippen LogP contribution in [0.4, 0.5) is 5.69 Å². The molecule has 1 amide bonds. The van der Waals surface area contributed by atoms with E-state index in [1.54, 1.807) is 18.2 Å². The fraction of sp³-hybridized carbons (Fsp3) is 0.278. The first-order chi connectivity index (χ1) is 13.3. The Hall–Kier alpha value is -1.84. The Labute approximate surface area is 173 Å². The van der Waals surface area contributed by atoms with Crippen molar-refractivity contribution >= 4 is 44.8 Å². The van der Waals surface area contributed by atoms with Gasteiger partial charge in [-0.05, 0) is 42.5 Å². The summed E-state index contributed by atoms with van der Waals surface area (Å²) in [6, 6.07) is 10.6. The molecule has 0 unspecified atom stereocenters. The van der Waals surface area contributed by atoms with Crippen LogP contribution in [-0.4, -0.2) is 51.5 Å². The maximum Gasteiger partial charge on any atom is 0.262 e. The second-order valence-electron chi connectivity index (χ2n) is 5.98. The smallest absolute Gasteiger partial charge is 0.262 e. The van der Waals surface area contributed by atoms with Crippen LogP contribution in [0.15, 0.2) is 47.4 Å². The summed E-state index contributed by atoms with van der Waals surface area (Å²) in [6.07, 6.45) is 0. The van der Waals surface area contributed by atoms with Crippen LogP contribution in [0.25, 0.3) is 0 Å². The van der Waals surface area contributed by atoms with E-state index < -0.39 is 15.9 Å². The molecule has 1 N–H and O–H groups in total. The third kappa shape index (κ3) is 5.36. The molecule has 1 aliphatic rings. The standard InChI is InChI=1S/C18H18Cl2N2O5S/c19-13-9-14(20)11-16(10-13)27-12-18(23)21-15-1-3-17(4-2-15)28(24,25)22-5-7-26-8-6-22/h1-4,9-11H,5-8,12H2,(H,21,23). The van der Waals surface area contributed by atoms with E-state index >= 15 is 0 Å². The molecule has 1 saturated heterocycles. The molecule has 0 atom stereocenters. The van der Waals surface area contributed by atoms with E-state index in [1.807, 2.05) is 0 Å². The normalized spacial score (nSPS) is 15.2. The fourth-order valence-corrected chi connectivity index (χ4v) is 4.52. The van der Waals surface area contributed by atoms with Crippen LogP contribution in [0.1, 0.15) is 0 Å². The summed E-state index contributed by atoms with van der Waals surface area (Å²) in [7, 11) is -3.57. The lowest BCUT2D eigenvalue weighted by Gasteiger charge is -2.26. The van der Waals surface area contributed by atoms with Crippen molar-refractivity contribution < 1.29 is 22.7 Å². The highest BCUT2D eigenvalue weighted by Crippen LogP contribution is 2.24. The Morgan fingerprint density at radius 2 is 1.68 bits per heavy atom. The SMILES string of the molecule is O=C(COc1cc(Cl)cc(Cl)c1)Nc1ccc(S(=O)(=O)N2CCOCC2)cc1. The summed E-state index contributed by atoms with van der Waals surface area (Å²) in [5, 5.41) is 3.45. The summed E-state index contributed by atoms with van der Waals surface area (Å²) >= 11 is 11.8. The van der Waals surface area contributed by atoms with Gasteiger partial charge in [-0.15, -0.1) is 0 Å². The van der Waals surface area contributed by atoms with Crippen molar-refractivity contribution in [2.45, 2.75) is 4.90 Å². The molecular weight excluding hydrogens is 427 g/mol. The Morgan fingerprint density at radius 3 is 2.29 bits per heavy atom. The van der Waals surface area contributed by atoms with E-state index in [0.717, 1.165) is 0 Å².